The molecule has 0 bridgehead atoms. The lowest BCUT2D eigenvalue weighted by molar-refractivity contribution is 0.304. The maximum atomic E-state index is 5.83. The summed E-state index contributed by atoms with van der Waals surface area (Å²) in [6, 6.07) is 6.66. The first-order valence-electron chi connectivity index (χ1n) is 6.48. The highest BCUT2D eigenvalue weighted by Gasteiger charge is 2.06. The zero-order valence-electron chi connectivity index (χ0n) is 12.0. The van der Waals surface area contributed by atoms with Crippen molar-refractivity contribution in [2.24, 2.45) is 7.05 Å². The van der Waals surface area contributed by atoms with Gasteiger partial charge in [-0.25, -0.2) is 0 Å². The molecule has 19 heavy (non-hydrogen) atoms. The van der Waals surface area contributed by atoms with Gasteiger partial charge in [-0.05, 0) is 38.1 Å². The van der Waals surface area contributed by atoms with Crippen molar-refractivity contribution in [3.8, 4) is 5.75 Å². The van der Waals surface area contributed by atoms with E-state index in [-0.39, 0.29) is 0 Å². The zero-order valence-corrected chi connectivity index (χ0v) is 12.0. The van der Waals surface area contributed by atoms with E-state index in [0.717, 1.165) is 16.9 Å². The van der Waals surface area contributed by atoms with E-state index >= 15 is 0 Å². The Bertz CT molecular complexity index is 548. The molecule has 0 saturated carbocycles. The Morgan fingerprint density at radius 1 is 1.42 bits per heavy atom. The summed E-state index contributed by atoms with van der Waals surface area (Å²) >= 11 is 0. The SMILES string of the molecule is CNC(C)c1ccc(OCc2cnn(C)c2)c(C)c1. The summed E-state index contributed by atoms with van der Waals surface area (Å²) < 4.78 is 7.61. The van der Waals surface area contributed by atoms with E-state index in [1.165, 1.54) is 5.56 Å². The first kappa shape index (κ1) is 13.6. The monoisotopic (exact) mass is 259 g/mol. The van der Waals surface area contributed by atoms with Crippen molar-refractivity contribution < 1.29 is 4.74 Å². The number of nitrogens with zero attached hydrogens (tertiary/aromatic N) is 2. The average molecular weight is 259 g/mol. The molecule has 0 aliphatic rings. The van der Waals surface area contributed by atoms with Crippen LogP contribution in [0.2, 0.25) is 0 Å². The predicted molar refractivity (Wildman–Crippen MR) is 76.2 cm³/mol. The van der Waals surface area contributed by atoms with Gasteiger partial charge < -0.3 is 10.1 Å². The molecule has 1 N–H and O–H groups in total. The Hall–Kier alpha value is -1.81. The van der Waals surface area contributed by atoms with E-state index in [0.29, 0.717) is 12.6 Å². The normalized spacial score (nSPS) is 12.4. The summed E-state index contributed by atoms with van der Waals surface area (Å²) in [5.41, 5.74) is 3.51. The smallest absolute Gasteiger partial charge is 0.122 e. The zero-order chi connectivity index (χ0) is 13.8. The van der Waals surface area contributed by atoms with E-state index in [2.05, 4.69) is 36.4 Å². The van der Waals surface area contributed by atoms with Crippen LogP contribution in [0.15, 0.2) is 30.6 Å². The highest BCUT2D eigenvalue weighted by atomic mass is 16.5. The molecule has 1 heterocycles. The second-order valence-electron chi connectivity index (χ2n) is 4.85. The molecule has 1 aromatic carbocycles. The summed E-state index contributed by atoms with van der Waals surface area (Å²) in [6.07, 6.45) is 3.79. The third-order valence-electron chi connectivity index (χ3n) is 3.28. The molecule has 1 atom stereocenters. The minimum atomic E-state index is 0.353. The van der Waals surface area contributed by atoms with Crippen LogP contribution in [0.5, 0.6) is 5.75 Å². The standard InChI is InChI=1S/C15H21N3O/c1-11-7-14(12(2)16-3)5-6-15(11)19-10-13-8-17-18(4)9-13/h5-9,12,16H,10H2,1-4H3. The van der Waals surface area contributed by atoms with Gasteiger partial charge in [0.2, 0.25) is 0 Å². The van der Waals surface area contributed by atoms with Crippen LogP contribution in [-0.2, 0) is 13.7 Å². The van der Waals surface area contributed by atoms with Gasteiger partial charge in [0.1, 0.15) is 12.4 Å². The fourth-order valence-corrected chi connectivity index (χ4v) is 1.98. The molecule has 0 amide bonds. The molecule has 0 radical (unpaired) electrons. The Morgan fingerprint density at radius 2 is 2.21 bits per heavy atom. The first-order chi connectivity index (χ1) is 9.10. The molecular formula is C15H21N3O. The number of rotatable bonds is 5. The number of benzene rings is 1. The number of hydrogen-bond acceptors (Lipinski definition) is 3. The molecule has 2 rings (SSSR count). The molecule has 0 fully saturated rings. The minimum Gasteiger partial charge on any atom is -0.489 e. The van der Waals surface area contributed by atoms with Crippen LogP contribution in [0.1, 0.15) is 29.7 Å². The molecule has 1 unspecified atom stereocenters. The molecule has 1 aromatic heterocycles. The van der Waals surface area contributed by atoms with Crippen LogP contribution < -0.4 is 10.1 Å². The van der Waals surface area contributed by atoms with Crippen molar-refractivity contribution in [2.45, 2.75) is 26.5 Å². The van der Waals surface area contributed by atoms with E-state index in [9.17, 15) is 0 Å². The number of hydrogen-bond donors (Lipinski definition) is 1. The Kier molecular flexibility index (Phi) is 4.22. The topological polar surface area (TPSA) is 39.1 Å². The van der Waals surface area contributed by atoms with E-state index in [4.69, 9.17) is 4.74 Å². The molecule has 4 heteroatoms. The van der Waals surface area contributed by atoms with Gasteiger partial charge in [-0.1, -0.05) is 12.1 Å². The molecule has 0 aliphatic heterocycles. The van der Waals surface area contributed by atoms with Crippen LogP contribution in [0.25, 0.3) is 0 Å². The molecule has 2 aromatic rings. The molecular weight excluding hydrogens is 238 g/mol. The summed E-state index contributed by atoms with van der Waals surface area (Å²) in [5.74, 6) is 0.927. The van der Waals surface area contributed by atoms with Crippen LogP contribution in [0, 0.1) is 6.92 Å². The highest BCUT2D eigenvalue weighted by molar-refractivity contribution is 5.37. The first-order valence-corrected chi connectivity index (χ1v) is 6.48. The lowest BCUT2D eigenvalue weighted by Crippen LogP contribution is -2.12. The fraction of sp³-hybridized carbons (Fsp3) is 0.400. The van der Waals surface area contributed by atoms with Gasteiger partial charge in [0, 0.05) is 24.8 Å². The Labute approximate surface area is 114 Å². The van der Waals surface area contributed by atoms with Gasteiger partial charge in [0.15, 0.2) is 0 Å². The fourth-order valence-electron chi connectivity index (χ4n) is 1.98. The number of ether oxygens (including phenoxy) is 1. The quantitative estimate of drug-likeness (QED) is 0.897. The lowest BCUT2D eigenvalue weighted by Gasteiger charge is -2.14. The predicted octanol–water partition coefficient (Wildman–Crippen LogP) is 2.59. The van der Waals surface area contributed by atoms with E-state index in [1.54, 1.807) is 4.68 Å². The van der Waals surface area contributed by atoms with Gasteiger partial charge in [0.25, 0.3) is 0 Å². The molecule has 0 spiro atoms. The molecule has 0 aliphatic carbocycles. The van der Waals surface area contributed by atoms with E-state index in [1.807, 2.05) is 32.6 Å². The average Bonchev–Trinajstić information content (AvgIpc) is 2.82. The van der Waals surface area contributed by atoms with Crippen LogP contribution in [0.4, 0.5) is 0 Å². The molecule has 4 nitrogen and oxygen atoms in total. The third-order valence-corrected chi connectivity index (χ3v) is 3.28. The van der Waals surface area contributed by atoms with Crippen molar-refractivity contribution in [3.05, 3.63) is 47.3 Å². The van der Waals surface area contributed by atoms with Gasteiger partial charge in [-0.3, -0.25) is 4.68 Å². The number of nitrogens with one attached hydrogen (secondary N) is 1. The van der Waals surface area contributed by atoms with Crippen LogP contribution >= 0.6 is 0 Å². The number of aryl methyl sites for hydroxylation is 2. The van der Waals surface area contributed by atoms with Crippen molar-refractivity contribution in [1.82, 2.24) is 15.1 Å². The Morgan fingerprint density at radius 3 is 2.79 bits per heavy atom. The summed E-state index contributed by atoms with van der Waals surface area (Å²) in [4.78, 5) is 0. The molecule has 0 saturated heterocycles. The largest absolute Gasteiger partial charge is 0.489 e. The minimum absolute atomic E-state index is 0.353. The lowest BCUT2D eigenvalue weighted by atomic mass is 10.1. The van der Waals surface area contributed by atoms with Crippen molar-refractivity contribution in [1.29, 1.82) is 0 Å². The summed E-state index contributed by atoms with van der Waals surface area (Å²) in [7, 11) is 3.87. The highest BCUT2D eigenvalue weighted by Crippen LogP contribution is 2.23. The Balaban J connectivity index is 2.05. The van der Waals surface area contributed by atoms with Gasteiger partial charge in [0.05, 0.1) is 6.20 Å². The van der Waals surface area contributed by atoms with Crippen molar-refractivity contribution in [2.75, 3.05) is 7.05 Å². The van der Waals surface area contributed by atoms with Gasteiger partial charge >= 0.3 is 0 Å². The van der Waals surface area contributed by atoms with Crippen molar-refractivity contribution >= 4 is 0 Å². The second kappa shape index (κ2) is 5.89. The third kappa shape index (κ3) is 3.35. The summed E-state index contributed by atoms with van der Waals surface area (Å²) in [5, 5.41) is 7.36. The summed E-state index contributed by atoms with van der Waals surface area (Å²) in [6.45, 7) is 4.77. The number of aromatic nitrogens is 2. The maximum absolute atomic E-state index is 5.83. The van der Waals surface area contributed by atoms with Crippen LogP contribution in [0.3, 0.4) is 0 Å². The van der Waals surface area contributed by atoms with Crippen LogP contribution in [-0.4, -0.2) is 16.8 Å². The van der Waals surface area contributed by atoms with E-state index < -0.39 is 0 Å². The van der Waals surface area contributed by atoms with Gasteiger partial charge in [-0.2, -0.15) is 5.10 Å². The van der Waals surface area contributed by atoms with Gasteiger partial charge in [-0.15, -0.1) is 0 Å². The van der Waals surface area contributed by atoms with Crippen molar-refractivity contribution in [3.63, 3.8) is 0 Å². The second-order valence-corrected chi connectivity index (χ2v) is 4.85. The molecule has 102 valence electrons. The maximum Gasteiger partial charge on any atom is 0.122 e.